The number of methoxy groups -OCH3 is 1. The fourth-order valence-corrected chi connectivity index (χ4v) is 2.75. The molecule has 0 radical (unpaired) electrons. The predicted molar refractivity (Wildman–Crippen MR) is 92.1 cm³/mol. The molecule has 1 atom stereocenters. The molecule has 2 rings (SSSR count). The molecule has 1 heterocycles. The summed E-state index contributed by atoms with van der Waals surface area (Å²) >= 11 is 0. The summed E-state index contributed by atoms with van der Waals surface area (Å²) in [4.78, 5) is 35.5. The number of carboxylic acid groups (broad SMARTS) is 1. The summed E-state index contributed by atoms with van der Waals surface area (Å²) in [7, 11) is 1.52. The summed E-state index contributed by atoms with van der Waals surface area (Å²) in [6.45, 7) is 5.23. The third-order valence-electron chi connectivity index (χ3n) is 4.09. The normalized spacial score (nSPS) is 12.0. The number of hydrogen-bond donors (Lipinski definition) is 2. The van der Waals surface area contributed by atoms with E-state index >= 15 is 0 Å². The molecule has 7 heteroatoms. The molecule has 25 heavy (non-hydrogen) atoms. The highest BCUT2D eigenvalue weighted by molar-refractivity contribution is 5.90. The van der Waals surface area contributed by atoms with Crippen molar-refractivity contribution in [3.63, 3.8) is 0 Å². The molecule has 0 saturated heterocycles. The van der Waals surface area contributed by atoms with Crippen LogP contribution in [0.2, 0.25) is 0 Å². The van der Waals surface area contributed by atoms with E-state index in [1.165, 1.54) is 7.11 Å². The van der Waals surface area contributed by atoms with E-state index < -0.39 is 23.5 Å². The lowest BCUT2D eigenvalue weighted by Crippen LogP contribution is -2.41. The molecule has 0 fully saturated rings. The van der Waals surface area contributed by atoms with Gasteiger partial charge in [0, 0.05) is 0 Å². The minimum atomic E-state index is -1.12. The maximum absolute atomic E-state index is 12.3. The number of benzene rings is 1. The minimum Gasteiger partial charge on any atom is -0.496 e. The highest BCUT2D eigenvalue weighted by atomic mass is 16.5. The molecule has 1 amide bonds. The molecular formula is C18H21NO6. The Hall–Kier alpha value is -2.83. The van der Waals surface area contributed by atoms with E-state index in [4.69, 9.17) is 14.3 Å². The summed E-state index contributed by atoms with van der Waals surface area (Å²) in [6, 6.07) is 2.56. The molecule has 0 bridgehead atoms. The Kier molecular flexibility index (Phi) is 5.46. The van der Waals surface area contributed by atoms with Crippen molar-refractivity contribution in [2.24, 2.45) is 0 Å². The Labute approximate surface area is 144 Å². The molecule has 0 saturated carbocycles. The molecule has 1 aromatic carbocycles. The van der Waals surface area contributed by atoms with Crippen LogP contribution < -0.4 is 15.7 Å². The maximum atomic E-state index is 12.3. The van der Waals surface area contributed by atoms with Gasteiger partial charge in [0.05, 0.1) is 24.5 Å². The molecule has 2 aromatic rings. The van der Waals surface area contributed by atoms with Crippen molar-refractivity contribution in [2.45, 2.75) is 39.7 Å². The van der Waals surface area contributed by atoms with Gasteiger partial charge in [0.25, 0.3) is 0 Å². The van der Waals surface area contributed by atoms with E-state index in [2.05, 4.69) is 5.32 Å². The highest BCUT2D eigenvalue weighted by Crippen LogP contribution is 2.30. The third kappa shape index (κ3) is 3.81. The van der Waals surface area contributed by atoms with Gasteiger partial charge >= 0.3 is 11.6 Å². The molecule has 134 valence electrons. The van der Waals surface area contributed by atoms with Crippen LogP contribution in [0, 0.1) is 13.8 Å². The van der Waals surface area contributed by atoms with Crippen LogP contribution in [-0.2, 0) is 16.0 Å². The lowest BCUT2D eigenvalue weighted by molar-refractivity contribution is -0.141. The molecule has 0 unspecified atom stereocenters. The van der Waals surface area contributed by atoms with Crippen molar-refractivity contribution in [3.05, 3.63) is 39.2 Å². The third-order valence-corrected chi connectivity index (χ3v) is 4.09. The van der Waals surface area contributed by atoms with Gasteiger partial charge in [-0.3, -0.25) is 4.79 Å². The molecule has 0 aliphatic heterocycles. The summed E-state index contributed by atoms with van der Waals surface area (Å²) in [6.07, 6.45) is -0.00952. The van der Waals surface area contributed by atoms with Crippen LogP contribution in [0.1, 0.15) is 30.0 Å². The number of rotatable bonds is 6. The fourth-order valence-electron chi connectivity index (χ4n) is 2.75. The fraction of sp³-hybridized carbons (Fsp3) is 0.389. The first-order chi connectivity index (χ1) is 11.8. The quantitative estimate of drug-likeness (QED) is 0.774. The number of amides is 1. The molecule has 0 aliphatic carbocycles. The predicted octanol–water partition coefficient (Wildman–Crippen LogP) is 1.94. The van der Waals surface area contributed by atoms with Crippen molar-refractivity contribution in [1.29, 1.82) is 0 Å². The second kappa shape index (κ2) is 7.38. The lowest BCUT2D eigenvalue weighted by Gasteiger charge is -2.14. The van der Waals surface area contributed by atoms with Crippen LogP contribution in [-0.4, -0.2) is 30.1 Å². The number of ether oxygens (including phenoxy) is 1. The van der Waals surface area contributed by atoms with Crippen LogP contribution in [0.5, 0.6) is 5.75 Å². The van der Waals surface area contributed by atoms with Gasteiger partial charge in [0.15, 0.2) is 0 Å². The number of aliphatic carboxylic acids is 1. The molecule has 1 aromatic heterocycles. The van der Waals surface area contributed by atoms with Gasteiger partial charge in [-0.15, -0.1) is 0 Å². The van der Waals surface area contributed by atoms with Crippen molar-refractivity contribution in [1.82, 2.24) is 5.32 Å². The van der Waals surface area contributed by atoms with Gasteiger partial charge in [0.1, 0.15) is 17.4 Å². The van der Waals surface area contributed by atoms with Crippen LogP contribution in [0.15, 0.2) is 21.3 Å². The SMILES string of the molecule is CC[C@H](NC(=O)Cc1c(C)c2c(OC)cc(C)cc2oc1=O)C(=O)O. The Morgan fingerprint density at radius 1 is 1.32 bits per heavy atom. The topological polar surface area (TPSA) is 106 Å². The Balaban J connectivity index is 2.45. The molecular weight excluding hydrogens is 326 g/mol. The lowest BCUT2D eigenvalue weighted by atomic mass is 10.0. The molecule has 2 N–H and O–H groups in total. The summed E-state index contributed by atoms with van der Waals surface area (Å²) in [5.74, 6) is -1.11. The largest absolute Gasteiger partial charge is 0.496 e. The van der Waals surface area contributed by atoms with Crippen LogP contribution >= 0.6 is 0 Å². The van der Waals surface area contributed by atoms with Crippen LogP contribution in [0.25, 0.3) is 11.0 Å². The number of fused-ring (bicyclic) bond motifs is 1. The van der Waals surface area contributed by atoms with E-state index in [0.717, 1.165) is 5.56 Å². The average molecular weight is 347 g/mol. The summed E-state index contributed by atoms with van der Waals surface area (Å²) in [5, 5.41) is 12.1. The number of hydrogen-bond acceptors (Lipinski definition) is 5. The van der Waals surface area contributed by atoms with Gasteiger partial charge in [-0.25, -0.2) is 9.59 Å². The van der Waals surface area contributed by atoms with E-state index in [0.29, 0.717) is 22.3 Å². The minimum absolute atomic E-state index is 0.187. The summed E-state index contributed by atoms with van der Waals surface area (Å²) < 4.78 is 10.7. The van der Waals surface area contributed by atoms with Crippen LogP contribution in [0.3, 0.4) is 0 Å². The number of aryl methyl sites for hydroxylation is 2. The Morgan fingerprint density at radius 3 is 2.56 bits per heavy atom. The monoisotopic (exact) mass is 347 g/mol. The van der Waals surface area contributed by atoms with E-state index in [9.17, 15) is 14.4 Å². The van der Waals surface area contributed by atoms with Gasteiger partial charge in [-0.1, -0.05) is 6.92 Å². The molecule has 7 nitrogen and oxygen atoms in total. The zero-order valence-electron chi connectivity index (χ0n) is 14.6. The van der Waals surface area contributed by atoms with E-state index in [-0.39, 0.29) is 18.4 Å². The highest BCUT2D eigenvalue weighted by Gasteiger charge is 2.21. The van der Waals surface area contributed by atoms with Crippen molar-refractivity contribution >= 4 is 22.8 Å². The van der Waals surface area contributed by atoms with E-state index in [1.54, 1.807) is 19.9 Å². The smallest absolute Gasteiger partial charge is 0.340 e. The van der Waals surface area contributed by atoms with Crippen LogP contribution in [0.4, 0.5) is 0 Å². The Morgan fingerprint density at radius 2 is 2.00 bits per heavy atom. The standard InChI is InChI=1S/C18H21NO6/c1-5-12(17(21)22)19-15(20)8-11-10(3)16-13(24-4)6-9(2)7-14(16)25-18(11)23/h6-7,12H,5,8H2,1-4H3,(H,19,20)(H,21,22)/t12-/m0/s1. The van der Waals surface area contributed by atoms with E-state index in [1.807, 2.05) is 13.0 Å². The van der Waals surface area contributed by atoms with Crippen molar-refractivity contribution in [3.8, 4) is 5.75 Å². The first kappa shape index (κ1) is 18.5. The summed E-state index contributed by atoms with van der Waals surface area (Å²) in [5.41, 5.74) is 1.43. The average Bonchev–Trinajstić information content (AvgIpc) is 2.54. The van der Waals surface area contributed by atoms with Gasteiger partial charge in [-0.05, 0) is 43.5 Å². The Bertz CT molecular complexity index is 883. The van der Waals surface area contributed by atoms with Gasteiger partial charge < -0.3 is 19.6 Å². The first-order valence-corrected chi connectivity index (χ1v) is 7.91. The number of carbonyl (C=O) groups is 2. The second-order valence-corrected chi connectivity index (χ2v) is 5.88. The maximum Gasteiger partial charge on any atom is 0.340 e. The first-order valence-electron chi connectivity index (χ1n) is 7.91. The zero-order chi connectivity index (χ0) is 18.7. The molecule has 0 spiro atoms. The number of nitrogens with one attached hydrogen (secondary N) is 1. The second-order valence-electron chi connectivity index (χ2n) is 5.88. The zero-order valence-corrected chi connectivity index (χ0v) is 14.6. The number of carboxylic acids is 1. The van der Waals surface area contributed by atoms with Gasteiger partial charge in [-0.2, -0.15) is 0 Å². The van der Waals surface area contributed by atoms with Crippen molar-refractivity contribution < 1.29 is 23.8 Å². The molecule has 0 aliphatic rings. The number of carbonyl (C=O) groups excluding carboxylic acids is 1. The van der Waals surface area contributed by atoms with Crippen molar-refractivity contribution in [2.75, 3.05) is 7.11 Å². The van der Waals surface area contributed by atoms with Gasteiger partial charge in [0.2, 0.25) is 5.91 Å².